The molecular weight excluding hydrogens is 344 g/mol. The summed E-state index contributed by atoms with van der Waals surface area (Å²) in [6.07, 6.45) is 6.92. The number of nitrogens with zero attached hydrogens (tertiary/aromatic N) is 4. The summed E-state index contributed by atoms with van der Waals surface area (Å²) in [5.74, 6) is 0.749. The number of aryl methyl sites for hydroxylation is 1. The van der Waals surface area contributed by atoms with Crippen LogP contribution in [-0.2, 0) is 0 Å². The van der Waals surface area contributed by atoms with Crippen molar-refractivity contribution in [1.82, 2.24) is 9.66 Å². The van der Waals surface area contributed by atoms with Crippen LogP contribution in [0.3, 0.4) is 0 Å². The van der Waals surface area contributed by atoms with E-state index in [1.54, 1.807) is 29.5 Å². The Morgan fingerprint density at radius 1 is 1.08 bits per heavy atom. The summed E-state index contributed by atoms with van der Waals surface area (Å²) >= 11 is 1.52. The predicted molar refractivity (Wildman–Crippen MR) is 104 cm³/mol. The lowest BCUT2D eigenvalue weighted by atomic mass is 10.2. The van der Waals surface area contributed by atoms with E-state index in [9.17, 15) is 0 Å². The van der Waals surface area contributed by atoms with Gasteiger partial charge in [0.15, 0.2) is 5.76 Å². The zero-order chi connectivity index (χ0) is 17.8. The average Bonchev–Trinajstić information content (AvgIpc) is 3.32. The number of pyridine rings is 1. The van der Waals surface area contributed by atoms with Crippen molar-refractivity contribution in [3.8, 4) is 11.5 Å². The Hall–Kier alpha value is -3.25. The van der Waals surface area contributed by atoms with Crippen LogP contribution >= 0.6 is 11.3 Å². The van der Waals surface area contributed by atoms with Crippen molar-refractivity contribution in [3.05, 3.63) is 88.5 Å². The van der Waals surface area contributed by atoms with E-state index >= 15 is 0 Å². The number of benzene rings is 1. The van der Waals surface area contributed by atoms with Crippen molar-refractivity contribution >= 4 is 23.2 Å². The van der Waals surface area contributed by atoms with Crippen LogP contribution in [-0.4, -0.2) is 15.9 Å². The third-order valence-corrected chi connectivity index (χ3v) is 4.56. The van der Waals surface area contributed by atoms with Crippen LogP contribution in [0.25, 0.3) is 11.5 Å². The Bertz CT molecular complexity index is 1080. The Morgan fingerprint density at radius 2 is 1.88 bits per heavy atom. The third kappa shape index (κ3) is 3.55. The van der Waals surface area contributed by atoms with Gasteiger partial charge < -0.3 is 4.42 Å². The van der Waals surface area contributed by atoms with E-state index in [0.717, 1.165) is 27.5 Å². The zero-order valence-corrected chi connectivity index (χ0v) is 14.9. The molecule has 0 aliphatic heterocycles. The zero-order valence-electron chi connectivity index (χ0n) is 14.1. The summed E-state index contributed by atoms with van der Waals surface area (Å²) in [4.78, 5) is 9.54. The summed E-state index contributed by atoms with van der Waals surface area (Å²) < 4.78 is 7.35. The number of hydrogen-bond donors (Lipinski definition) is 0. The first-order valence-corrected chi connectivity index (χ1v) is 8.98. The third-order valence-electron chi connectivity index (χ3n) is 3.75. The molecule has 0 atom stereocenters. The Labute approximate surface area is 154 Å². The molecule has 0 unspecified atom stereocenters. The fraction of sp³-hybridized carbons (Fsp3) is 0.0500. The highest BCUT2D eigenvalue weighted by atomic mass is 32.1. The molecule has 1 aromatic carbocycles. The number of furan rings is 1. The standard InChI is InChI=1S/C20H16N4OS/c1-15-4-6-17(7-5-15)23-20-24(22-13-16-8-10-21-11-9-16)18(14-26-20)19-3-2-12-25-19/h2-14H,1H3. The van der Waals surface area contributed by atoms with Gasteiger partial charge in [0.25, 0.3) is 0 Å². The monoisotopic (exact) mass is 360 g/mol. The SMILES string of the molecule is Cc1ccc(N=c2scc(-c3ccco3)n2N=Cc2ccncc2)cc1. The quantitative estimate of drug-likeness (QED) is 0.498. The maximum Gasteiger partial charge on any atom is 0.211 e. The summed E-state index contributed by atoms with van der Waals surface area (Å²) in [7, 11) is 0. The van der Waals surface area contributed by atoms with Crippen molar-refractivity contribution in [2.75, 3.05) is 0 Å². The molecule has 3 heterocycles. The molecule has 0 amide bonds. The molecule has 0 fully saturated rings. The maximum atomic E-state index is 5.55. The molecule has 4 rings (SSSR count). The van der Waals surface area contributed by atoms with E-state index in [-0.39, 0.29) is 0 Å². The van der Waals surface area contributed by atoms with E-state index in [4.69, 9.17) is 9.41 Å². The number of rotatable bonds is 4. The minimum absolute atomic E-state index is 0.749. The first-order chi connectivity index (χ1) is 12.8. The van der Waals surface area contributed by atoms with Crippen molar-refractivity contribution < 1.29 is 4.42 Å². The molecule has 6 heteroatoms. The van der Waals surface area contributed by atoms with E-state index in [1.165, 1.54) is 16.9 Å². The molecule has 4 aromatic rings. The van der Waals surface area contributed by atoms with Gasteiger partial charge in [0, 0.05) is 17.8 Å². The second-order valence-electron chi connectivity index (χ2n) is 5.67. The Kier molecular flexibility index (Phi) is 4.57. The van der Waals surface area contributed by atoms with E-state index in [1.807, 2.05) is 53.9 Å². The summed E-state index contributed by atoms with van der Waals surface area (Å²) in [5.41, 5.74) is 3.91. The first-order valence-electron chi connectivity index (χ1n) is 8.10. The normalized spacial score (nSPS) is 12.1. The van der Waals surface area contributed by atoms with E-state index in [0.29, 0.717) is 0 Å². The van der Waals surface area contributed by atoms with Crippen molar-refractivity contribution in [2.24, 2.45) is 10.1 Å². The predicted octanol–water partition coefficient (Wildman–Crippen LogP) is 4.63. The topological polar surface area (TPSA) is 55.7 Å². The average molecular weight is 360 g/mol. The second kappa shape index (κ2) is 7.33. The van der Waals surface area contributed by atoms with Gasteiger partial charge in [0.1, 0.15) is 5.69 Å². The lowest BCUT2D eigenvalue weighted by Crippen LogP contribution is -2.11. The van der Waals surface area contributed by atoms with Crippen LogP contribution in [0.15, 0.2) is 87.1 Å². The van der Waals surface area contributed by atoms with Gasteiger partial charge in [-0.1, -0.05) is 17.7 Å². The number of hydrogen-bond acceptors (Lipinski definition) is 5. The van der Waals surface area contributed by atoms with Gasteiger partial charge in [-0.25, -0.2) is 9.67 Å². The fourth-order valence-corrected chi connectivity index (χ4v) is 3.22. The van der Waals surface area contributed by atoms with Gasteiger partial charge in [-0.15, -0.1) is 11.3 Å². The van der Waals surface area contributed by atoms with Crippen LogP contribution in [0.5, 0.6) is 0 Å². The Morgan fingerprint density at radius 3 is 2.62 bits per heavy atom. The molecule has 26 heavy (non-hydrogen) atoms. The van der Waals surface area contributed by atoms with Gasteiger partial charge >= 0.3 is 0 Å². The number of thiazole rings is 1. The van der Waals surface area contributed by atoms with Crippen molar-refractivity contribution in [1.29, 1.82) is 0 Å². The molecule has 0 aliphatic carbocycles. The van der Waals surface area contributed by atoms with E-state index in [2.05, 4.69) is 17.0 Å². The molecule has 0 bridgehead atoms. The number of aromatic nitrogens is 2. The van der Waals surface area contributed by atoms with Crippen molar-refractivity contribution in [3.63, 3.8) is 0 Å². The molecule has 0 N–H and O–H groups in total. The van der Waals surface area contributed by atoms with Gasteiger partial charge in [-0.2, -0.15) is 5.10 Å². The fourth-order valence-electron chi connectivity index (χ4n) is 2.39. The van der Waals surface area contributed by atoms with Crippen LogP contribution in [0.4, 0.5) is 5.69 Å². The lowest BCUT2D eigenvalue weighted by Gasteiger charge is -2.01. The van der Waals surface area contributed by atoms with Crippen LogP contribution in [0, 0.1) is 6.92 Å². The smallest absolute Gasteiger partial charge is 0.211 e. The molecule has 0 radical (unpaired) electrons. The molecule has 0 saturated heterocycles. The molecular formula is C20H16N4OS. The highest BCUT2D eigenvalue weighted by molar-refractivity contribution is 7.07. The molecule has 0 aliphatic rings. The Balaban J connectivity index is 1.82. The molecule has 3 aromatic heterocycles. The lowest BCUT2D eigenvalue weighted by molar-refractivity contribution is 0.575. The summed E-state index contributed by atoms with van der Waals surface area (Å²) in [6, 6.07) is 15.7. The summed E-state index contributed by atoms with van der Waals surface area (Å²) in [5, 5.41) is 6.62. The molecule has 0 spiro atoms. The molecule has 128 valence electrons. The maximum absolute atomic E-state index is 5.55. The molecule has 0 saturated carbocycles. The van der Waals surface area contributed by atoms with Crippen LogP contribution < -0.4 is 4.80 Å². The van der Waals surface area contributed by atoms with Crippen LogP contribution in [0.2, 0.25) is 0 Å². The van der Waals surface area contributed by atoms with Gasteiger partial charge in [0.2, 0.25) is 4.80 Å². The minimum Gasteiger partial charge on any atom is -0.463 e. The van der Waals surface area contributed by atoms with Gasteiger partial charge in [-0.05, 0) is 48.9 Å². The first kappa shape index (κ1) is 16.2. The van der Waals surface area contributed by atoms with Crippen LogP contribution in [0.1, 0.15) is 11.1 Å². The van der Waals surface area contributed by atoms with Crippen molar-refractivity contribution in [2.45, 2.75) is 6.92 Å². The summed E-state index contributed by atoms with van der Waals surface area (Å²) in [6.45, 7) is 2.06. The largest absolute Gasteiger partial charge is 0.463 e. The minimum atomic E-state index is 0.749. The van der Waals surface area contributed by atoms with Gasteiger partial charge in [0.05, 0.1) is 18.2 Å². The second-order valence-corrected chi connectivity index (χ2v) is 6.50. The van der Waals surface area contributed by atoms with E-state index < -0.39 is 0 Å². The highest BCUT2D eigenvalue weighted by Crippen LogP contribution is 2.21. The molecule has 5 nitrogen and oxygen atoms in total. The van der Waals surface area contributed by atoms with Gasteiger partial charge in [-0.3, -0.25) is 4.98 Å². The highest BCUT2D eigenvalue weighted by Gasteiger charge is 2.09.